The summed E-state index contributed by atoms with van der Waals surface area (Å²) < 4.78 is 4.98. The third-order valence-electron chi connectivity index (χ3n) is 2.56. The average Bonchev–Trinajstić information content (AvgIpc) is 2.23. The van der Waals surface area contributed by atoms with Gasteiger partial charge in [-0.1, -0.05) is 37.6 Å². The average molecular weight is 225 g/mol. The number of ether oxygens (including phenoxy) is 1. The van der Waals surface area contributed by atoms with Gasteiger partial charge in [0.15, 0.2) is 0 Å². The SMILES string of the molecule is CCCCOC(=O)NC1(C)C=CC=CC1O. The summed E-state index contributed by atoms with van der Waals surface area (Å²) in [7, 11) is 0. The molecule has 1 rings (SSSR count). The van der Waals surface area contributed by atoms with Crippen LogP contribution in [0.2, 0.25) is 0 Å². The van der Waals surface area contributed by atoms with E-state index in [1.165, 1.54) is 0 Å². The van der Waals surface area contributed by atoms with Crippen molar-refractivity contribution in [2.75, 3.05) is 6.61 Å². The molecule has 4 nitrogen and oxygen atoms in total. The maximum atomic E-state index is 11.4. The Morgan fingerprint density at radius 1 is 1.56 bits per heavy atom. The van der Waals surface area contributed by atoms with Crippen molar-refractivity contribution in [2.24, 2.45) is 0 Å². The monoisotopic (exact) mass is 225 g/mol. The molecule has 4 heteroatoms. The molecular formula is C12H19NO3. The van der Waals surface area contributed by atoms with E-state index in [1.54, 1.807) is 31.2 Å². The van der Waals surface area contributed by atoms with Crippen LogP contribution in [0.5, 0.6) is 0 Å². The largest absolute Gasteiger partial charge is 0.450 e. The number of nitrogens with one attached hydrogen (secondary N) is 1. The summed E-state index contributed by atoms with van der Waals surface area (Å²) in [6.07, 6.45) is 7.53. The Bertz CT molecular complexity index is 299. The van der Waals surface area contributed by atoms with E-state index in [-0.39, 0.29) is 0 Å². The smallest absolute Gasteiger partial charge is 0.407 e. The van der Waals surface area contributed by atoms with E-state index in [9.17, 15) is 9.90 Å². The lowest BCUT2D eigenvalue weighted by molar-refractivity contribution is 0.105. The number of hydrogen-bond acceptors (Lipinski definition) is 3. The molecule has 90 valence electrons. The zero-order valence-corrected chi connectivity index (χ0v) is 9.77. The second-order valence-electron chi connectivity index (χ2n) is 4.09. The van der Waals surface area contributed by atoms with Gasteiger partial charge in [0.1, 0.15) is 0 Å². The van der Waals surface area contributed by atoms with Crippen LogP contribution in [0.3, 0.4) is 0 Å². The standard InChI is InChI=1S/C12H19NO3/c1-3-4-9-16-11(15)13-12(2)8-6-5-7-10(12)14/h5-8,10,14H,3-4,9H2,1-2H3,(H,13,15). The highest BCUT2D eigenvalue weighted by Crippen LogP contribution is 2.17. The Morgan fingerprint density at radius 3 is 2.94 bits per heavy atom. The molecule has 0 fully saturated rings. The minimum atomic E-state index is -0.780. The highest BCUT2D eigenvalue weighted by atomic mass is 16.5. The number of carbonyl (C=O) groups excluding carboxylic acids is 1. The quantitative estimate of drug-likeness (QED) is 0.717. The van der Waals surface area contributed by atoms with Crippen molar-refractivity contribution in [1.29, 1.82) is 0 Å². The van der Waals surface area contributed by atoms with Gasteiger partial charge in [-0.2, -0.15) is 0 Å². The van der Waals surface area contributed by atoms with E-state index in [1.807, 2.05) is 6.92 Å². The van der Waals surface area contributed by atoms with Crippen molar-refractivity contribution in [2.45, 2.75) is 38.3 Å². The fourth-order valence-corrected chi connectivity index (χ4v) is 1.40. The molecule has 1 amide bonds. The predicted molar refractivity (Wildman–Crippen MR) is 62.1 cm³/mol. The summed E-state index contributed by atoms with van der Waals surface area (Å²) in [5.41, 5.74) is -0.780. The van der Waals surface area contributed by atoms with E-state index in [0.29, 0.717) is 6.61 Å². The van der Waals surface area contributed by atoms with Crippen LogP contribution in [0.15, 0.2) is 24.3 Å². The molecule has 0 spiro atoms. The molecule has 0 aromatic heterocycles. The second kappa shape index (κ2) is 5.70. The van der Waals surface area contributed by atoms with Crippen LogP contribution in [-0.4, -0.2) is 29.4 Å². The molecule has 16 heavy (non-hydrogen) atoms. The third kappa shape index (κ3) is 3.38. The third-order valence-corrected chi connectivity index (χ3v) is 2.56. The molecular weight excluding hydrogens is 206 g/mol. The van der Waals surface area contributed by atoms with Gasteiger partial charge in [-0.25, -0.2) is 4.79 Å². The van der Waals surface area contributed by atoms with Gasteiger partial charge < -0.3 is 15.2 Å². The molecule has 1 aliphatic rings. The van der Waals surface area contributed by atoms with Gasteiger partial charge >= 0.3 is 6.09 Å². The number of amides is 1. The lowest BCUT2D eigenvalue weighted by atomic mass is 9.91. The van der Waals surface area contributed by atoms with Crippen molar-refractivity contribution >= 4 is 6.09 Å². The summed E-state index contributed by atoms with van der Waals surface area (Å²) in [5, 5.41) is 12.4. The fourth-order valence-electron chi connectivity index (χ4n) is 1.40. The lowest BCUT2D eigenvalue weighted by Crippen LogP contribution is -2.53. The lowest BCUT2D eigenvalue weighted by Gasteiger charge is -2.32. The van der Waals surface area contributed by atoms with Crippen molar-refractivity contribution in [3.63, 3.8) is 0 Å². The zero-order valence-electron chi connectivity index (χ0n) is 9.77. The number of alkyl carbamates (subject to hydrolysis) is 1. The van der Waals surface area contributed by atoms with Gasteiger partial charge in [-0.3, -0.25) is 0 Å². The topological polar surface area (TPSA) is 58.6 Å². The second-order valence-corrected chi connectivity index (χ2v) is 4.09. The van der Waals surface area contributed by atoms with Crippen LogP contribution in [0, 0.1) is 0 Å². The van der Waals surface area contributed by atoms with Crippen LogP contribution in [0.25, 0.3) is 0 Å². The zero-order chi connectivity index (χ0) is 12.0. The molecule has 0 aromatic carbocycles. The molecule has 0 radical (unpaired) electrons. The van der Waals surface area contributed by atoms with Crippen LogP contribution < -0.4 is 5.32 Å². The van der Waals surface area contributed by atoms with E-state index >= 15 is 0 Å². The Kier molecular flexibility index (Phi) is 4.55. The molecule has 0 aliphatic heterocycles. The van der Waals surface area contributed by atoms with Crippen LogP contribution in [0.1, 0.15) is 26.7 Å². The Balaban J connectivity index is 2.43. The summed E-state index contributed by atoms with van der Waals surface area (Å²) in [5.74, 6) is 0. The molecule has 0 bridgehead atoms. The summed E-state index contributed by atoms with van der Waals surface area (Å²) in [4.78, 5) is 11.4. The predicted octanol–water partition coefficient (Wildman–Crippen LogP) is 1.76. The van der Waals surface area contributed by atoms with Crippen LogP contribution >= 0.6 is 0 Å². The number of hydrogen-bond donors (Lipinski definition) is 2. The highest BCUT2D eigenvalue weighted by Gasteiger charge is 2.32. The minimum Gasteiger partial charge on any atom is -0.450 e. The maximum absolute atomic E-state index is 11.4. The van der Waals surface area contributed by atoms with Gasteiger partial charge in [0.05, 0.1) is 18.2 Å². The van der Waals surface area contributed by atoms with E-state index in [4.69, 9.17) is 4.74 Å². The van der Waals surface area contributed by atoms with Crippen molar-refractivity contribution in [3.8, 4) is 0 Å². The summed E-state index contributed by atoms with van der Waals surface area (Å²) >= 11 is 0. The number of carbonyl (C=O) groups is 1. The number of aliphatic hydroxyl groups excluding tert-OH is 1. The minimum absolute atomic E-state index is 0.411. The van der Waals surface area contributed by atoms with Gasteiger partial charge in [-0.05, 0) is 13.3 Å². The molecule has 2 atom stereocenters. The molecule has 0 aromatic rings. The number of aliphatic hydroxyl groups is 1. The molecule has 2 N–H and O–H groups in total. The van der Waals surface area contributed by atoms with Crippen LogP contribution in [-0.2, 0) is 4.74 Å². The van der Waals surface area contributed by atoms with Crippen molar-refractivity contribution in [3.05, 3.63) is 24.3 Å². The normalized spacial score (nSPS) is 27.8. The first-order chi connectivity index (χ1) is 7.58. The summed E-state index contributed by atoms with van der Waals surface area (Å²) in [6.45, 7) is 4.19. The van der Waals surface area contributed by atoms with E-state index in [2.05, 4.69) is 5.32 Å². The first-order valence-electron chi connectivity index (χ1n) is 5.57. The molecule has 0 heterocycles. The van der Waals surface area contributed by atoms with E-state index in [0.717, 1.165) is 12.8 Å². The van der Waals surface area contributed by atoms with Crippen molar-refractivity contribution < 1.29 is 14.6 Å². The Labute approximate surface area is 96.0 Å². The van der Waals surface area contributed by atoms with Gasteiger partial charge in [0.25, 0.3) is 0 Å². The van der Waals surface area contributed by atoms with Crippen LogP contribution in [0.4, 0.5) is 4.79 Å². The number of allylic oxidation sites excluding steroid dienone is 2. The van der Waals surface area contributed by atoms with Gasteiger partial charge in [-0.15, -0.1) is 0 Å². The molecule has 0 saturated carbocycles. The van der Waals surface area contributed by atoms with Gasteiger partial charge in [0, 0.05) is 0 Å². The molecule has 0 saturated heterocycles. The molecule has 2 unspecified atom stereocenters. The maximum Gasteiger partial charge on any atom is 0.407 e. The Morgan fingerprint density at radius 2 is 2.31 bits per heavy atom. The molecule has 1 aliphatic carbocycles. The number of rotatable bonds is 4. The fraction of sp³-hybridized carbons (Fsp3) is 0.583. The number of unbranched alkanes of at least 4 members (excludes halogenated alkanes) is 1. The highest BCUT2D eigenvalue weighted by molar-refractivity contribution is 5.69. The van der Waals surface area contributed by atoms with E-state index < -0.39 is 17.7 Å². The Hall–Kier alpha value is -1.29. The van der Waals surface area contributed by atoms with Gasteiger partial charge in [0.2, 0.25) is 0 Å². The summed E-state index contributed by atoms with van der Waals surface area (Å²) in [6, 6.07) is 0. The first kappa shape index (κ1) is 12.8. The first-order valence-corrected chi connectivity index (χ1v) is 5.57. The van der Waals surface area contributed by atoms with Crippen molar-refractivity contribution in [1.82, 2.24) is 5.32 Å².